The van der Waals surface area contributed by atoms with E-state index in [-0.39, 0.29) is 11.7 Å². The highest BCUT2D eigenvalue weighted by molar-refractivity contribution is 7.99. The number of amides is 1. The maximum absolute atomic E-state index is 12.6. The van der Waals surface area contributed by atoms with Crippen LogP contribution in [0.1, 0.15) is 55.0 Å². The first-order valence-corrected chi connectivity index (χ1v) is 10.0. The Labute approximate surface area is 158 Å². The summed E-state index contributed by atoms with van der Waals surface area (Å²) in [5.74, 6) is 0.827. The van der Waals surface area contributed by atoms with E-state index in [0.717, 1.165) is 29.3 Å². The smallest absolute Gasteiger partial charge is 0.235 e. The van der Waals surface area contributed by atoms with Crippen molar-refractivity contribution in [3.05, 3.63) is 29.2 Å². The molecule has 2 heterocycles. The average molecular weight is 372 g/mol. The van der Waals surface area contributed by atoms with Gasteiger partial charge in [-0.1, -0.05) is 31.0 Å². The molecule has 26 heavy (non-hydrogen) atoms. The summed E-state index contributed by atoms with van der Waals surface area (Å²) in [6.45, 7) is 4.01. The summed E-state index contributed by atoms with van der Waals surface area (Å²) >= 11 is 1.39. The Bertz CT molecular complexity index is 839. The van der Waals surface area contributed by atoms with E-state index in [9.17, 15) is 10.1 Å². The quantitative estimate of drug-likeness (QED) is 0.808. The monoisotopic (exact) mass is 371 g/mol. The van der Waals surface area contributed by atoms with Crippen molar-refractivity contribution in [3.8, 4) is 6.07 Å². The van der Waals surface area contributed by atoms with Crippen LogP contribution in [0.2, 0.25) is 0 Å². The summed E-state index contributed by atoms with van der Waals surface area (Å²) in [6.07, 6.45) is 9.44. The number of nitrogens with zero attached hydrogens (tertiary/aromatic N) is 4. The van der Waals surface area contributed by atoms with Crippen molar-refractivity contribution in [1.82, 2.24) is 14.1 Å². The molecule has 0 saturated heterocycles. The molecule has 6 nitrogen and oxygen atoms in total. The number of aryl methyl sites for hydroxylation is 1. The third-order valence-electron chi connectivity index (χ3n) is 5.18. The second-order valence-corrected chi connectivity index (χ2v) is 7.81. The number of hydrogen-bond acceptors (Lipinski definition) is 4. The van der Waals surface area contributed by atoms with Crippen LogP contribution in [0.15, 0.2) is 17.6 Å². The van der Waals surface area contributed by atoms with Crippen LogP contribution in [0.25, 0.3) is 0 Å². The fraction of sp³-hybridized carbons (Fsp3) is 0.526. The molecule has 1 fully saturated rings. The van der Waals surface area contributed by atoms with E-state index >= 15 is 0 Å². The number of rotatable bonds is 5. The topological polar surface area (TPSA) is 75.6 Å². The first-order valence-electron chi connectivity index (χ1n) is 9.04. The number of imidazole rings is 1. The highest BCUT2D eigenvalue weighted by Gasteiger charge is 2.25. The number of nitrogens with one attached hydrogen (secondary N) is 1. The summed E-state index contributed by atoms with van der Waals surface area (Å²) in [6, 6.07) is 2.65. The van der Waals surface area contributed by atoms with Crippen LogP contribution in [0.3, 0.4) is 0 Å². The normalized spacial score (nSPS) is 15.0. The molecule has 0 radical (unpaired) electrons. The van der Waals surface area contributed by atoms with E-state index in [0.29, 0.717) is 17.4 Å². The van der Waals surface area contributed by atoms with Crippen LogP contribution in [-0.4, -0.2) is 25.8 Å². The van der Waals surface area contributed by atoms with Gasteiger partial charge in [0.05, 0.1) is 11.3 Å². The molecule has 1 saturated carbocycles. The van der Waals surface area contributed by atoms with E-state index in [1.165, 1.54) is 31.0 Å². The van der Waals surface area contributed by atoms with Crippen molar-refractivity contribution >= 4 is 23.5 Å². The Balaban J connectivity index is 1.81. The molecule has 3 rings (SSSR count). The van der Waals surface area contributed by atoms with Crippen molar-refractivity contribution in [1.29, 1.82) is 5.26 Å². The highest BCUT2D eigenvalue weighted by atomic mass is 32.2. The number of hydrogen-bond donors (Lipinski definition) is 1. The summed E-state index contributed by atoms with van der Waals surface area (Å²) in [5, 5.41) is 13.4. The van der Waals surface area contributed by atoms with E-state index in [1.54, 1.807) is 6.20 Å². The van der Waals surface area contributed by atoms with Crippen LogP contribution in [-0.2, 0) is 11.8 Å². The van der Waals surface area contributed by atoms with Crippen molar-refractivity contribution in [2.24, 2.45) is 7.05 Å². The predicted molar refractivity (Wildman–Crippen MR) is 103 cm³/mol. The SMILES string of the molecule is Cc1c(C#N)c(NC(=O)CSc2nccn2C)n(C2CCCCC2)c1C. The molecule has 1 N–H and O–H groups in total. The summed E-state index contributed by atoms with van der Waals surface area (Å²) < 4.78 is 4.08. The molecule has 1 aliphatic carbocycles. The zero-order valence-electron chi connectivity index (χ0n) is 15.6. The second kappa shape index (κ2) is 8.00. The van der Waals surface area contributed by atoms with Crippen LogP contribution in [0, 0.1) is 25.2 Å². The lowest BCUT2D eigenvalue weighted by molar-refractivity contribution is -0.113. The molecule has 0 aromatic carbocycles. The Kier molecular flexibility index (Phi) is 5.72. The number of carbonyl (C=O) groups is 1. The molecule has 138 valence electrons. The van der Waals surface area contributed by atoms with E-state index in [4.69, 9.17) is 0 Å². The Hall–Kier alpha value is -2.20. The zero-order chi connectivity index (χ0) is 18.7. The van der Waals surface area contributed by atoms with Gasteiger partial charge in [-0.2, -0.15) is 5.26 Å². The molecule has 2 aromatic rings. The molecular formula is C19H25N5OS. The minimum absolute atomic E-state index is 0.107. The van der Waals surface area contributed by atoms with Crippen molar-refractivity contribution in [2.45, 2.75) is 57.1 Å². The van der Waals surface area contributed by atoms with Crippen molar-refractivity contribution < 1.29 is 4.79 Å². The Morgan fingerprint density at radius 2 is 2.12 bits per heavy atom. The van der Waals surface area contributed by atoms with Gasteiger partial charge < -0.3 is 14.5 Å². The maximum atomic E-state index is 12.6. The Morgan fingerprint density at radius 3 is 2.73 bits per heavy atom. The number of nitriles is 1. The predicted octanol–water partition coefficient (Wildman–Crippen LogP) is 3.95. The van der Waals surface area contributed by atoms with Crippen LogP contribution in [0.4, 0.5) is 5.82 Å². The number of anilines is 1. The van der Waals surface area contributed by atoms with Gasteiger partial charge in [-0.3, -0.25) is 4.79 Å². The van der Waals surface area contributed by atoms with E-state index in [2.05, 4.69) is 20.9 Å². The van der Waals surface area contributed by atoms with Gasteiger partial charge in [-0.15, -0.1) is 0 Å². The number of thioether (sulfide) groups is 1. The molecule has 1 amide bonds. The third kappa shape index (κ3) is 3.65. The van der Waals surface area contributed by atoms with Gasteiger partial charge >= 0.3 is 0 Å². The fourth-order valence-electron chi connectivity index (χ4n) is 3.67. The standard InChI is InChI=1S/C19H25N5OS/c1-13-14(2)24(15-7-5-4-6-8-15)18(16(13)11-20)22-17(25)12-26-19-21-9-10-23(19)3/h9-10,15H,4-8,12H2,1-3H3,(H,22,25). The lowest BCUT2D eigenvalue weighted by atomic mass is 9.95. The zero-order valence-corrected chi connectivity index (χ0v) is 16.4. The largest absolute Gasteiger partial charge is 0.329 e. The van der Waals surface area contributed by atoms with Crippen LogP contribution < -0.4 is 5.32 Å². The lowest BCUT2D eigenvalue weighted by Gasteiger charge is -2.27. The molecule has 7 heteroatoms. The molecular weight excluding hydrogens is 346 g/mol. The molecule has 0 atom stereocenters. The van der Waals surface area contributed by atoms with E-state index in [1.807, 2.05) is 31.7 Å². The Morgan fingerprint density at radius 1 is 1.38 bits per heavy atom. The first kappa shape index (κ1) is 18.6. The minimum atomic E-state index is -0.107. The molecule has 2 aromatic heterocycles. The highest BCUT2D eigenvalue weighted by Crippen LogP contribution is 2.36. The van der Waals surface area contributed by atoms with Gasteiger partial charge in [-0.25, -0.2) is 4.98 Å². The van der Waals surface area contributed by atoms with Crippen LogP contribution in [0.5, 0.6) is 0 Å². The van der Waals surface area contributed by atoms with Gasteiger partial charge in [0.2, 0.25) is 5.91 Å². The average Bonchev–Trinajstić information content (AvgIpc) is 3.15. The van der Waals surface area contributed by atoms with Gasteiger partial charge in [0, 0.05) is 31.2 Å². The molecule has 0 bridgehead atoms. The number of aromatic nitrogens is 3. The summed E-state index contributed by atoms with van der Waals surface area (Å²) in [7, 11) is 1.90. The number of carbonyl (C=O) groups excluding carboxylic acids is 1. The first-order chi connectivity index (χ1) is 12.5. The maximum Gasteiger partial charge on any atom is 0.235 e. The van der Waals surface area contributed by atoms with Gasteiger partial charge in [0.1, 0.15) is 11.9 Å². The molecule has 0 unspecified atom stereocenters. The van der Waals surface area contributed by atoms with Gasteiger partial charge in [0.25, 0.3) is 0 Å². The van der Waals surface area contributed by atoms with Crippen LogP contribution >= 0.6 is 11.8 Å². The second-order valence-electron chi connectivity index (χ2n) is 6.87. The molecule has 0 spiro atoms. The fourth-order valence-corrected chi connectivity index (χ4v) is 4.40. The summed E-state index contributed by atoms with van der Waals surface area (Å²) in [5.41, 5.74) is 2.63. The molecule has 0 aliphatic heterocycles. The van der Waals surface area contributed by atoms with Crippen molar-refractivity contribution in [3.63, 3.8) is 0 Å². The van der Waals surface area contributed by atoms with Gasteiger partial charge in [-0.05, 0) is 32.3 Å². The lowest BCUT2D eigenvalue weighted by Crippen LogP contribution is -2.21. The van der Waals surface area contributed by atoms with Crippen molar-refractivity contribution in [2.75, 3.05) is 11.1 Å². The summed E-state index contributed by atoms with van der Waals surface area (Å²) in [4.78, 5) is 16.8. The van der Waals surface area contributed by atoms with Gasteiger partial charge in [0.15, 0.2) is 5.16 Å². The minimum Gasteiger partial charge on any atom is -0.329 e. The third-order valence-corrected chi connectivity index (χ3v) is 6.23. The van der Waals surface area contributed by atoms with E-state index < -0.39 is 0 Å². The molecule has 1 aliphatic rings.